The summed E-state index contributed by atoms with van der Waals surface area (Å²) in [6.07, 6.45) is 7.58. The van der Waals surface area contributed by atoms with E-state index in [1.165, 1.54) is 21.0 Å². The van der Waals surface area contributed by atoms with Gasteiger partial charge in [-0.3, -0.25) is 20.3 Å². The topological polar surface area (TPSA) is 100 Å². The Kier molecular flexibility index (Phi) is 9.60. The molecule has 2 saturated heterocycles. The van der Waals surface area contributed by atoms with Gasteiger partial charge in [0.05, 0.1) is 11.9 Å². The molecule has 5 unspecified atom stereocenters. The zero-order chi connectivity index (χ0) is 32.1. The second kappa shape index (κ2) is 12.9. The Morgan fingerprint density at radius 3 is 2.42 bits per heavy atom. The van der Waals surface area contributed by atoms with Gasteiger partial charge in [0.25, 0.3) is 0 Å². The van der Waals surface area contributed by atoms with Crippen LogP contribution in [0, 0.1) is 30.6 Å². The Balaban J connectivity index is 1.36. The third-order valence-corrected chi connectivity index (χ3v) is 13.5. The number of rotatable bonds is 5. The SMILES string of the molecule is COCN1C2NC(CC(c3c(C)cccc3C)N2)OC[C@@H](CC(C)(C)C)N(C2CC3(CC(=O)C3)C2)CC2CCCC(C2)S1(=O)=O. The minimum atomic E-state index is -3.69. The van der Waals surface area contributed by atoms with E-state index in [9.17, 15) is 13.2 Å². The van der Waals surface area contributed by atoms with E-state index in [2.05, 4.69) is 68.4 Å². The molecule has 1 spiro atoms. The van der Waals surface area contributed by atoms with Gasteiger partial charge in [-0.2, -0.15) is 0 Å². The fourth-order valence-corrected chi connectivity index (χ4v) is 11.3. The molecule has 10 heteroatoms. The molecule has 9 nitrogen and oxygen atoms in total. The molecule has 5 aliphatic rings. The highest BCUT2D eigenvalue weighted by atomic mass is 32.2. The Bertz CT molecular complexity index is 1310. The van der Waals surface area contributed by atoms with Crippen molar-refractivity contribution in [2.45, 2.75) is 135 Å². The number of methoxy groups -OCH3 is 1. The van der Waals surface area contributed by atoms with Crippen LogP contribution in [0.1, 0.15) is 108 Å². The molecule has 2 aliphatic heterocycles. The van der Waals surface area contributed by atoms with Crippen LogP contribution in [0.5, 0.6) is 0 Å². The highest BCUT2D eigenvalue weighted by molar-refractivity contribution is 7.89. The van der Waals surface area contributed by atoms with Crippen molar-refractivity contribution in [3.05, 3.63) is 34.9 Å². The van der Waals surface area contributed by atoms with Crippen molar-refractivity contribution in [2.75, 3.05) is 27.0 Å². The van der Waals surface area contributed by atoms with Gasteiger partial charge in [0, 0.05) is 51.0 Å². The smallest absolute Gasteiger partial charge is 0.221 e. The van der Waals surface area contributed by atoms with Crippen LogP contribution < -0.4 is 10.6 Å². The van der Waals surface area contributed by atoms with Gasteiger partial charge in [-0.1, -0.05) is 45.4 Å². The molecule has 6 rings (SSSR count). The summed E-state index contributed by atoms with van der Waals surface area (Å²) in [5.41, 5.74) is 3.89. The Morgan fingerprint density at radius 2 is 1.78 bits per heavy atom. The second-order valence-electron chi connectivity index (χ2n) is 16.2. The predicted octanol–water partition coefficient (Wildman–Crippen LogP) is 4.98. The summed E-state index contributed by atoms with van der Waals surface area (Å²) in [6.45, 7) is 12.6. The molecule has 2 heterocycles. The fourth-order valence-electron chi connectivity index (χ4n) is 9.27. The van der Waals surface area contributed by atoms with Crippen LogP contribution in [0.2, 0.25) is 0 Å². The van der Waals surface area contributed by atoms with Gasteiger partial charge >= 0.3 is 0 Å². The highest BCUT2D eigenvalue weighted by Gasteiger charge is 2.55. The number of nitrogens with one attached hydrogen (secondary N) is 2. The van der Waals surface area contributed by atoms with Crippen LogP contribution in [-0.4, -0.2) is 80.2 Å². The summed E-state index contributed by atoms with van der Waals surface area (Å²) >= 11 is 0. The summed E-state index contributed by atoms with van der Waals surface area (Å²) in [5.74, 6) is 0.701. The number of ether oxygens (including phenoxy) is 2. The van der Waals surface area contributed by atoms with Gasteiger partial charge in [0.2, 0.25) is 10.0 Å². The van der Waals surface area contributed by atoms with Gasteiger partial charge in [-0.15, -0.1) is 4.31 Å². The molecule has 4 bridgehead atoms. The molecule has 5 fully saturated rings. The number of fused-ring (bicyclic) bond motifs is 4. The largest absolute Gasteiger partial charge is 0.368 e. The van der Waals surface area contributed by atoms with Crippen LogP contribution >= 0.6 is 0 Å². The third kappa shape index (κ3) is 7.08. The van der Waals surface area contributed by atoms with Crippen molar-refractivity contribution in [3.63, 3.8) is 0 Å². The summed E-state index contributed by atoms with van der Waals surface area (Å²) in [7, 11) is -2.13. The minimum absolute atomic E-state index is 0.0258. The van der Waals surface area contributed by atoms with Gasteiger partial charge in [0.15, 0.2) is 0 Å². The molecule has 252 valence electrons. The quantitative estimate of drug-likeness (QED) is 0.463. The molecule has 3 aliphatic carbocycles. The van der Waals surface area contributed by atoms with Crippen molar-refractivity contribution < 1.29 is 22.7 Å². The van der Waals surface area contributed by atoms with Crippen molar-refractivity contribution >= 4 is 15.8 Å². The van der Waals surface area contributed by atoms with Crippen molar-refractivity contribution in [1.82, 2.24) is 19.8 Å². The van der Waals surface area contributed by atoms with Crippen molar-refractivity contribution in [2.24, 2.45) is 16.7 Å². The zero-order valence-electron chi connectivity index (χ0n) is 28.3. The number of benzene rings is 1. The molecule has 1 aromatic carbocycles. The standard InChI is InChI=1S/C35H56N4O5S/c1-23-9-7-10-24(2)32(23)30-14-31-37-33(36-30)39(22-43-6)45(41,42)29-12-8-11-25(13-29)20-38(27(21-44-31)15-34(3,4)5)26-16-35(17-26)18-28(40)19-35/h7,9-10,25-27,29-31,33,36-37H,8,11-22H2,1-6H3/t25?,27-,29?,30?,31?,33?/m1/s1. The molecule has 0 amide bonds. The van der Waals surface area contributed by atoms with E-state index in [4.69, 9.17) is 9.47 Å². The van der Waals surface area contributed by atoms with E-state index >= 15 is 0 Å². The number of carbonyl (C=O) groups is 1. The Labute approximate surface area is 271 Å². The molecular weight excluding hydrogens is 588 g/mol. The maximum atomic E-state index is 14.5. The van der Waals surface area contributed by atoms with Crippen LogP contribution in [0.3, 0.4) is 0 Å². The van der Waals surface area contributed by atoms with Gasteiger partial charge in [-0.25, -0.2) is 8.42 Å². The summed E-state index contributed by atoms with van der Waals surface area (Å²) < 4.78 is 42.9. The molecule has 2 N–H and O–H groups in total. The van der Waals surface area contributed by atoms with Crippen LogP contribution in [0.4, 0.5) is 0 Å². The monoisotopic (exact) mass is 644 g/mol. The maximum Gasteiger partial charge on any atom is 0.221 e. The highest BCUT2D eigenvalue weighted by Crippen LogP contribution is 2.56. The average molecular weight is 645 g/mol. The summed E-state index contributed by atoms with van der Waals surface area (Å²) in [6, 6.07) is 6.88. The van der Waals surface area contributed by atoms with Crippen molar-refractivity contribution in [3.8, 4) is 0 Å². The van der Waals surface area contributed by atoms with E-state index in [0.717, 1.165) is 51.5 Å². The number of Topliss-reactive ketones (excluding diaryl/α,β-unsaturated/α-hetero) is 1. The molecule has 45 heavy (non-hydrogen) atoms. The number of nitrogens with zero attached hydrogens (tertiary/aromatic N) is 2. The number of hydrogen-bond donors (Lipinski definition) is 2. The summed E-state index contributed by atoms with van der Waals surface area (Å²) in [4.78, 5) is 14.7. The van der Waals surface area contributed by atoms with E-state index in [0.29, 0.717) is 43.6 Å². The van der Waals surface area contributed by atoms with Crippen LogP contribution in [-0.2, 0) is 24.3 Å². The number of hydrogen-bond acceptors (Lipinski definition) is 8. The van der Waals surface area contributed by atoms with Gasteiger partial charge in [-0.05, 0) is 85.8 Å². The predicted molar refractivity (Wildman–Crippen MR) is 176 cm³/mol. The number of aryl methyl sites for hydroxylation is 2. The normalized spacial score (nSPS) is 34.7. The number of sulfonamides is 1. The molecule has 3 saturated carbocycles. The molecule has 0 radical (unpaired) electrons. The first kappa shape index (κ1) is 33.5. The molecule has 0 aromatic heterocycles. The lowest BCUT2D eigenvalue weighted by molar-refractivity contribution is -0.148. The van der Waals surface area contributed by atoms with E-state index in [1.807, 2.05) is 0 Å². The lowest BCUT2D eigenvalue weighted by Crippen LogP contribution is -2.66. The summed E-state index contributed by atoms with van der Waals surface area (Å²) in [5, 5.41) is 6.79. The maximum absolute atomic E-state index is 14.5. The molecule has 6 atom stereocenters. The number of ketones is 1. The van der Waals surface area contributed by atoms with E-state index in [1.54, 1.807) is 7.11 Å². The second-order valence-corrected chi connectivity index (χ2v) is 18.4. The fraction of sp³-hybridized carbons (Fsp3) is 0.800. The first-order valence-electron chi connectivity index (χ1n) is 17.2. The Hall–Kier alpha value is -1.40. The molecule has 1 aromatic rings. The third-order valence-electron chi connectivity index (χ3n) is 11.3. The molecular formula is C35H56N4O5S. The minimum Gasteiger partial charge on any atom is -0.368 e. The first-order valence-corrected chi connectivity index (χ1v) is 18.7. The lowest BCUT2D eigenvalue weighted by atomic mass is 9.53. The zero-order valence-corrected chi connectivity index (χ0v) is 29.1. The average Bonchev–Trinajstić information content (AvgIpc) is 2.93. The van der Waals surface area contributed by atoms with E-state index in [-0.39, 0.29) is 35.9 Å². The van der Waals surface area contributed by atoms with Crippen LogP contribution in [0.15, 0.2) is 18.2 Å². The van der Waals surface area contributed by atoms with E-state index < -0.39 is 21.6 Å². The van der Waals surface area contributed by atoms with Crippen molar-refractivity contribution in [1.29, 1.82) is 0 Å². The number of carbonyl (C=O) groups excluding carboxylic acids is 1. The Morgan fingerprint density at radius 1 is 1.07 bits per heavy atom. The van der Waals surface area contributed by atoms with Gasteiger partial charge < -0.3 is 9.47 Å². The lowest BCUT2D eigenvalue weighted by Gasteiger charge is -2.58. The van der Waals surface area contributed by atoms with Gasteiger partial charge in [0.1, 0.15) is 25.0 Å². The first-order chi connectivity index (χ1) is 21.3. The van der Waals surface area contributed by atoms with Crippen LogP contribution in [0.25, 0.3) is 0 Å².